The van der Waals surface area contributed by atoms with Gasteiger partial charge in [0.15, 0.2) is 5.75 Å². The van der Waals surface area contributed by atoms with Crippen LogP contribution in [0.15, 0.2) is 18.2 Å². The SMILES string of the molecule is Cc1ccc([N+](=O)[O-])c(O[C@H](C)CC(=O)O)c1. The number of hydrogen-bond donors (Lipinski definition) is 1. The Hall–Kier alpha value is -2.11. The first kappa shape index (κ1) is 13.0. The van der Waals surface area contributed by atoms with Crippen molar-refractivity contribution < 1.29 is 19.6 Å². The van der Waals surface area contributed by atoms with Crippen molar-refractivity contribution in [3.05, 3.63) is 33.9 Å². The summed E-state index contributed by atoms with van der Waals surface area (Å²) in [5, 5.41) is 19.3. The molecule has 0 saturated heterocycles. The van der Waals surface area contributed by atoms with E-state index in [0.717, 1.165) is 5.56 Å². The summed E-state index contributed by atoms with van der Waals surface area (Å²) in [5.41, 5.74) is 0.654. The van der Waals surface area contributed by atoms with Gasteiger partial charge in [0.1, 0.15) is 6.10 Å². The van der Waals surface area contributed by atoms with Crippen LogP contribution in [0.2, 0.25) is 0 Å². The fraction of sp³-hybridized carbons (Fsp3) is 0.364. The van der Waals surface area contributed by atoms with Crippen molar-refractivity contribution in [2.24, 2.45) is 0 Å². The standard InChI is InChI=1S/C11H13NO5/c1-7-3-4-9(12(15)16)10(5-7)17-8(2)6-11(13)14/h3-5,8H,6H2,1-2H3,(H,13,14)/t8-/m1/s1. The summed E-state index contributed by atoms with van der Waals surface area (Å²) in [7, 11) is 0. The van der Waals surface area contributed by atoms with Gasteiger partial charge in [0.05, 0.1) is 11.3 Å². The number of nitrogens with zero attached hydrogens (tertiary/aromatic N) is 1. The lowest BCUT2D eigenvalue weighted by Gasteiger charge is -2.12. The molecule has 1 rings (SSSR count). The second-order valence-corrected chi connectivity index (χ2v) is 3.75. The molecule has 0 amide bonds. The van der Waals surface area contributed by atoms with E-state index in [-0.39, 0.29) is 17.9 Å². The summed E-state index contributed by atoms with van der Waals surface area (Å²) < 4.78 is 5.28. The Morgan fingerprint density at radius 1 is 1.59 bits per heavy atom. The van der Waals surface area contributed by atoms with Gasteiger partial charge in [-0.2, -0.15) is 0 Å². The minimum Gasteiger partial charge on any atom is -0.483 e. The quantitative estimate of drug-likeness (QED) is 0.628. The normalized spacial score (nSPS) is 11.9. The molecule has 6 heteroatoms. The molecule has 0 aliphatic heterocycles. The van der Waals surface area contributed by atoms with Gasteiger partial charge in [-0.3, -0.25) is 14.9 Å². The molecular formula is C11H13NO5. The van der Waals surface area contributed by atoms with Crippen molar-refractivity contribution in [1.82, 2.24) is 0 Å². The van der Waals surface area contributed by atoms with Crippen molar-refractivity contribution >= 4 is 11.7 Å². The van der Waals surface area contributed by atoms with E-state index in [4.69, 9.17) is 9.84 Å². The van der Waals surface area contributed by atoms with Crippen LogP contribution in [0.1, 0.15) is 18.9 Å². The highest BCUT2D eigenvalue weighted by Crippen LogP contribution is 2.28. The maximum Gasteiger partial charge on any atom is 0.310 e. The molecule has 0 aromatic heterocycles. The zero-order valence-corrected chi connectivity index (χ0v) is 9.54. The zero-order valence-electron chi connectivity index (χ0n) is 9.54. The van der Waals surface area contributed by atoms with E-state index >= 15 is 0 Å². The predicted molar refractivity (Wildman–Crippen MR) is 60.2 cm³/mol. The topological polar surface area (TPSA) is 89.7 Å². The van der Waals surface area contributed by atoms with Crippen molar-refractivity contribution in [1.29, 1.82) is 0 Å². The molecule has 0 aliphatic rings. The summed E-state index contributed by atoms with van der Waals surface area (Å²) in [6.45, 7) is 3.33. The predicted octanol–water partition coefficient (Wildman–Crippen LogP) is 2.15. The Balaban J connectivity index is 2.92. The van der Waals surface area contributed by atoms with Crippen LogP contribution >= 0.6 is 0 Å². The van der Waals surface area contributed by atoms with Gasteiger partial charge < -0.3 is 9.84 Å². The number of aryl methyl sites for hydroxylation is 1. The monoisotopic (exact) mass is 239 g/mol. The molecule has 1 N–H and O–H groups in total. The van der Waals surface area contributed by atoms with Crippen molar-refractivity contribution in [3.63, 3.8) is 0 Å². The van der Waals surface area contributed by atoms with E-state index in [2.05, 4.69) is 0 Å². The molecule has 0 aliphatic carbocycles. The van der Waals surface area contributed by atoms with Gasteiger partial charge in [0, 0.05) is 6.07 Å². The number of rotatable bonds is 5. The van der Waals surface area contributed by atoms with Gasteiger partial charge in [0.2, 0.25) is 0 Å². The molecular weight excluding hydrogens is 226 g/mol. The summed E-state index contributed by atoms with van der Waals surface area (Å²) in [6, 6.07) is 4.47. The number of benzene rings is 1. The Kier molecular flexibility index (Phi) is 4.03. The maximum absolute atomic E-state index is 10.7. The molecule has 0 unspecified atom stereocenters. The van der Waals surface area contributed by atoms with E-state index in [1.807, 2.05) is 0 Å². The molecule has 0 fully saturated rings. The number of carboxylic acids is 1. The van der Waals surface area contributed by atoms with Crippen LogP contribution in [0.3, 0.4) is 0 Å². The van der Waals surface area contributed by atoms with Gasteiger partial charge >= 0.3 is 11.7 Å². The largest absolute Gasteiger partial charge is 0.483 e. The Labute approximate surface area is 98.0 Å². The number of hydrogen-bond acceptors (Lipinski definition) is 4. The molecule has 0 spiro atoms. The third-order valence-electron chi connectivity index (χ3n) is 2.10. The first-order chi connectivity index (χ1) is 7.90. The lowest BCUT2D eigenvalue weighted by atomic mass is 10.2. The van der Waals surface area contributed by atoms with Crippen LogP contribution in [-0.4, -0.2) is 22.1 Å². The smallest absolute Gasteiger partial charge is 0.310 e. The first-order valence-electron chi connectivity index (χ1n) is 5.03. The zero-order chi connectivity index (χ0) is 13.0. The average molecular weight is 239 g/mol. The number of ether oxygens (including phenoxy) is 1. The van der Waals surface area contributed by atoms with E-state index in [9.17, 15) is 14.9 Å². The van der Waals surface area contributed by atoms with Crippen LogP contribution < -0.4 is 4.74 Å². The average Bonchev–Trinajstić information content (AvgIpc) is 2.15. The molecule has 0 saturated carbocycles. The van der Waals surface area contributed by atoms with Gasteiger partial charge in [-0.05, 0) is 25.5 Å². The number of nitro benzene ring substituents is 1. The minimum absolute atomic E-state index is 0.101. The van der Waals surface area contributed by atoms with Gasteiger partial charge in [-0.25, -0.2) is 0 Å². The number of nitro groups is 1. The molecule has 1 atom stereocenters. The highest BCUT2D eigenvalue weighted by atomic mass is 16.6. The summed E-state index contributed by atoms with van der Waals surface area (Å²) >= 11 is 0. The lowest BCUT2D eigenvalue weighted by Crippen LogP contribution is -2.17. The van der Waals surface area contributed by atoms with Crippen LogP contribution in [0.5, 0.6) is 5.75 Å². The second-order valence-electron chi connectivity index (χ2n) is 3.75. The van der Waals surface area contributed by atoms with Gasteiger partial charge in [0.25, 0.3) is 0 Å². The van der Waals surface area contributed by atoms with Crippen LogP contribution in [0.25, 0.3) is 0 Å². The highest BCUT2D eigenvalue weighted by Gasteiger charge is 2.18. The Morgan fingerprint density at radius 2 is 2.24 bits per heavy atom. The minimum atomic E-state index is -1.01. The highest BCUT2D eigenvalue weighted by molar-refractivity contribution is 5.67. The fourth-order valence-electron chi connectivity index (χ4n) is 1.37. The van der Waals surface area contributed by atoms with E-state index < -0.39 is 17.0 Å². The first-order valence-corrected chi connectivity index (χ1v) is 5.03. The summed E-state index contributed by atoms with van der Waals surface area (Å²) in [5.74, 6) is -0.906. The number of carboxylic acid groups (broad SMARTS) is 1. The van der Waals surface area contributed by atoms with Crippen molar-refractivity contribution in [3.8, 4) is 5.75 Å². The van der Waals surface area contributed by atoms with Crippen molar-refractivity contribution in [2.75, 3.05) is 0 Å². The number of carbonyl (C=O) groups is 1. The Morgan fingerprint density at radius 3 is 2.76 bits per heavy atom. The number of aliphatic carboxylic acids is 1. The molecule has 6 nitrogen and oxygen atoms in total. The van der Waals surface area contributed by atoms with Crippen LogP contribution in [0.4, 0.5) is 5.69 Å². The third kappa shape index (κ3) is 3.75. The van der Waals surface area contributed by atoms with E-state index in [0.29, 0.717) is 0 Å². The van der Waals surface area contributed by atoms with Gasteiger partial charge in [-0.15, -0.1) is 0 Å². The second kappa shape index (κ2) is 5.29. The van der Waals surface area contributed by atoms with E-state index in [1.54, 1.807) is 19.9 Å². The molecule has 1 aromatic carbocycles. The molecule has 92 valence electrons. The van der Waals surface area contributed by atoms with Crippen LogP contribution in [0, 0.1) is 17.0 Å². The summed E-state index contributed by atoms with van der Waals surface area (Å²) in [6.07, 6.45) is -0.821. The lowest BCUT2D eigenvalue weighted by molar-refractivity contribution is -0.386. The van der Waals surface area contributed by atoms with E-state index in [1.165, 1.54) is 12.1 Å². The fourth-order valence-corrected chi connectivity index (χ4v) is 1.37. The molecule has 0 heterocycles. The molecule has 0 radical (unpaired) electrons. The maximum atomic E-state index is 10.7. The molecule has 0 bridgehead atoms. The third-order valence-corrected chi connectivity index (χ3v) is 2.10. The molecule has 1 aromatic rings. The summed E-state index contributed by atoms with van der Waals surface area (Å²) in [4.78, 5) is 20.7. The van der Waals surface area contributed by atoms with Gasteiger partial charge in [-0.1, -0.05) is 6.07 Å². The molecule has 17 heavy (non-hydrogen) atoms. The Bertz CT molecular complexity index is 443. The van der Waals surface area contributed by atoms with Crippen LogP contribution in [-0.2, 0) is 4.79 Å². The van der Waals surface area contributed by atoms with Crippen molar-refractivity contribution in [2.45, 2.75) is 26.4 Å².